The molecule has 0 bridgehead atoms. The van der Waals surface area contributed by atoms with Crippen LogP contribution in [0.1, 0.15) is 36.3 Å². The fourth-order valence-electron chi connectivity index (χ4n) is 2.12. The van der Waals surface area contributed by atoms with Crippen LogP contribution in [0.3, 0.4) is 0 Å². The fraction of sp³-hybridized carbons (Fsp3) is 0.375. The average molecular weight is 352 g/mol. The molecule has 0 aliphatic rings. The molecule has 2 aromatic rings. The van der Waals surface area contributed by atoms with E-state index in [-0.39, 0.29) is 11.9 Å². The third-order valence-electron chi connectivity index (χ3n) is 3.12. The summed E-state index contributed by atoms with van der Waals surface area (Å²) in [4.78, 5) is 8.79. The summed E-state index contributed by atoms with van der Waals surface area (Å²) in [6, 6.07) is 4.93. The second-order valence-electron chi connectivity index (χ2n) is 5.11. The van der Waals surface area contributed by atoms with E-state index in [1.165, 1.54) is 6.07 Å². The number of halogens is 2. The Morgan fingerprint density at radius 3 is 2.57 bits per heavy atom. The zero-order valence-electron chi connectivity index (χ0n) is 12.2. The van der Waals surface area contributed by atoms with E-state index in [0.29, 0.717) is 6.42 Å². The quantitative estimate of drug-likeness (QED) is 0.855. The Kier molecular flexibility index (Phi) is 5.82. The minimum absolute atomic E-state index is 0.0146. The lowest BCUT2D eigenvalue weighted by Crippen LogP contribution is -2.26. The Labute approximate surface area is 133 Å². The molecule has 1 aromatic heterocycles. The van der Waals surface area contributed by atoms with Gasteiger partial charge in [0.15, 0.2) is 0 Å². The molecular formula is C16H19BrFN3. The fourth-order valence-corrected chi connectivity index (χ4v) is 2.63. The summed E-state index contributed by atoms with van der Waals surface area (Å²) in [5.74, 6) is 0.507. The third-order valence-corrected chi connectivity index (χ3v) is 3.57. The lowest BCUT2D eigenvalue weighted by atomic mass is 10.0. The SMILES string of the molecule is CCCNC(Cc1cc(F)cc(Br)c1)c1ncc(C)cn1. The smallest absolute Gasteiger partial charge is 0.145 e. The monoisotopic (exact) mass is 351 g/mol. The first-order valence-electron chi connectivity index (χ1n) is 7.05. The van der Waals surface area contributed by atoms with Gasteiger partial charge in [-0.25, -0.2) is 14.4 Å². The van der Waals surface area contributed by atoms with Gasteiger partial charge in [-0.05, 0) is 55.6 Å². The Morgan fingerprint density at radius 2 is 1.95 bits per heavy atom. The van der Waals surface area contributed by atoms with Gasteiger partial charge in [0.25, 0.3) is 0 Å². The van der Waals surface area contributed by atoms with Crippen molar-refractivity contribution in [2.75, 3.05) is 6.54 Å². The van der Waals surface area contributed by atoms with Crippen molar-refractivity contribution in [2.24, 2.45) is 0 Å². The topological polar surface area (TPSA) is 37.8 Å². The molecule has 0 saturated heterocycles. The van der Waals surface area contributed by atoms with Crippen LogP contribution in [0.4, 0.5) is 4.39 Å². The Balaban J connectivity index is 2.21. The van der Waals surface area contributed by atoms with Crippen LogP contribution in [-0.4, -0.2) is 16.5 Å². The highest BCUT2D eigenvalue weighted by molar-refractivity contribution is 9.10. The molecule has 1 unspecified atom stereocenters. The van der Waals surface area contributed by atoms with Crippen molar-refractivity contribution < 1.29 is 4.39 Å². The van der Waals surface area contributed by atoms with E-state index in [2.05, 4.69) is 38.1 Å². The van der Waals surface area contributed by atoms with Crippen molar-refractivity contribution in [1.29, 1.82) is 0 Å². The number of nitrogens with zero attached hydrogens (tertiary/aromatic N) is 2. The predicted molar refractivity (Wildman–Crippen MR) is 85.6 cm³/mol. The summed E-state index contributed by atoms with van der Waals surface area (Å²) in [7, 11) is 0. The third kappa shape index (κ3) is 4.86. The molecule has 1 atom stereocenters. The second-order valence-corrected chi connectivity index (χ2v) is 6.02. The van der Waals surface area contributed by atoms with Gasteiger partial charge in [-0.1, -0.05) is 22.9 Å². The van der Waals surface area contributed by atoms with Gasteiger partial charge in [0.2, 0.25) is 0 Å². The van der Waals surface area contributed by atoms with Crippen LogP contribution >= 0.6 is 15.9 Å². The van der Waals surface area contributed by atoms with E-state index in [4.69, 9.17) is 0 Å². The van der Waals surface area contributed by atoms with Crippen LogP contribution < -0.4 is 5.32 Å². The first-order chi connectivity index (χ1) is 10.1. The molecule has 3 nitrogen and oxygen atoms in total. The number of aryl methyl sites for hydroxylation is 1. The maximum Gasteiger partial charge on any atom is 0.145 e. The van der Waals surface area contributed by atoms with Crippen molar-refractivity contribution in [1.82, 2.24) is 15.3 Å². The van der Waals surface area contributed by atoms with Crippen LogP contribution in [0.25, 0.3) is 0 Å². The van der Waals surface area contributed by atoms with Gasteiger partial charge in [0.05, 0.1) is 6.04 Å². The van der Waals surface area contributed by atoms with Gasteiger partial charge in [0.1, 0.15) is 11.6 Å². The number of aromatic nitrogens is 2. The molecule has 0 aliphatic carbocycles. The molecule has 0 saturated carbocycles. The summed E-state index contributed by atoms with van der Waals surface area (Å²) in [5.41, 5.74) is 1.95. The van der Waals surface area contributed by atoms with E-state index < -0.39 is 0 Å². The molecule has 112 valence electrons. The molecular weight excluding hydrogens is 333 g/mol. The van der Waals surface area contributed by atoms with Crippen molar-refractivity contribution in [3.05, 3.63) is 57.8 Å². The minimum Gasteiger partial charge on any atom is -0.307 e. The normalized spacial score (nSPS) is 12.4. The highest BCUT2D eigenvalue weighted by Crippen LogP contribution is 2.20. The standard InChI is InChI=1S/C16H19BrFN3/c1-3-4-19-15(16-20-9-11(2)10-21-16)7-12-5-13(17)8-14(18)6-12/h5-6,8-10,15,19H,3-4,7H2,1-2H3. The van der Waals surface area contributed by atoms with Crippen LogP contribution in [-0.2, 0) is 6.42 Å². The molecule has 1 aromatic carbocycles. The maximum absolute atomic E-state index is 13.5. The molecule has 1 heterocycles. The average Bonchev–Trinajstić information content (AvgIpc) is 2.43. The number of nitrogens with one attached hydrogen (secondary N) is 1. The number of hydrogen-bond acceptors (Lipinski definition) is 3. The van der Waals surface area contributed by atoms with E-state index in [9.17, 15) is 4.39 Å². The lowest BCUT2D eigenvalue weighted by molar-refractivity contribution is 0.502. The molecule has 0 radical (unpaired) electrons. The van der Waals surface area contributed by atoms with Gasteiger partial charge >= 0.3 is 0 Å². The highest BCUT2D eigenvalue weighted by atomic mass is 79.9. The second kappa shape index (κ2) is 7.61. The molecule has 1 N–H and O–H groups in total. The predicted octanol–water partition coefficient (Wildman–Crippen LogP) is 3.97. The zero-order chi connectivity index (χ0) is 15.2. The van der Waals surface area contributed by atoms with Crippen molar-refractivity contribution in [2.45, 2.75) is 32.7 Å². The Hall–Kier alpha value is -1.33. The summed E-state index contributed by atoms with van der Waals surface area (Å²) in [6.45, 7) is 4.94. The lowest BCUT2D eigenvalue weighted by Gasteiger charge is -2.17. The van der Waals surface area contributed by atoms with Crippen LogP contribution in [0.15, 0.2) is 35.1 Å². The molecule has 0 spiro atoms. The molecule has 0 amide bonds. The summed E-state index contributed by atoms with van der Waals surface area (Å²) in [5, 5.41) is 3.43. The van der Waals surface area contributed by atoms with Gasteiger partial charge in [-0.3, -0.25) is 0 Å². The first-order valence-corrected chi connectivity index (χ1v) is 7.84. The van der Waals surface area contributed by atoms with Crippen molar-refractivity contribution >= 4 is 15.9 Å². The Bertz CT molecular complexity index is 566. The molecule has 0 fully saturated rings. The van der Waals surface area contributed by atoms with Gasteiger partial charge in [-0.15, -0.1) is 0 Å². The highest BCUT2D eigenvalue weighted by Gasteiger charge is 2.15. The van der Waals surface area contributed by atoms with Crippen LogP contribution in [0.5, 0.6) is 0 Å². The van der Waals surface area contributed by atoms with E-state index >= 15 is 0 Å². The zero-order valence-corrected chi connectivity index (χ0v) is 13.8. The molecule has 0 aliphatic heterocycles. The van der Waals surface area contributed by atoms with Crippen LogP contribution in [0, 0.1) is 12.7 Å². The van der Waals surface area contributed by atoms with E-state index in [0.717, 1.165) is 34.4 Å². The maximum atomic E-state index is 13.5. The van der Waals surface area contributed by atoms with E-state index in [1.807, 2.05) is 25.4 Å². The Morgan fingerprint density at radius 1 is 1.24 bits per heavy atom. The number of benzene rings is 1. The first kappa shape index (κ1) is 16.0. The minimum atomic E-state index is -0.238. The molecule has 5 heteroatoms. The number of hydrogen-bond donors (Lipinski definition) is 1. The summed E-state index contributed by atoms with van der Waals surface area (Å²) >= 11 is 3.33. The van der Waals surface area contributed by atoms with Gasteiger partial charge in [-0.2, -0.15) is 0 Å². The number of rotatable bonds is 6. The molecule has 21 heavy (non-hydrogen) atoms. The largest absolute Gasteiger partial charge is 0.307 e. The van der Waals surface area contributed by atoms with E-state index in [1.54, 1.807) is 6.07 Å². The summed E-state index contributed by atoms with van der Waals surface area (Å²) < 4.78 is 14.3. The van der Waals surface area contributed by atoms with Gasteiger partial charge < -0.3 is 5.32 Å². The van der Waals surface area contributed by atoms with Crippen molar-refractivity contribution in [3.8, 4) is 0 Å². The summed E-state index contributed by atoms with van der Waals surface area (Å²) in [6.07, 6.45) is 5.30. The van der Waals surface area contributed by atoms with Gasteiger partial charge in [0, 0.05) is 16.9 Å². The van der Waals surface area contributed by atoms with Crippen molar-refractivity contribution in [3.63, 3.8) is 0 Å². The molecule has 2 rings (SSSR count). The van der Waals surface area contributed by atoms with Crippen LogP contribution in [0.2, 0.25) is 0 Å².